The molecule has 14 heteroatoms. The lowest BCUT2D eigenvalue weighted by atomic mass is 10.2. The van der Waals surface area contributed by atoms with Gasteiger partial charge < -0.3 is 0 Å². The standard InChI is InChI=1S/C12H13N4.2ClHO4/c1-9-13-12-10(7-15(9)2)8-16-6-4-3-5-11(16)14-12;2*2-1(3,4)5/h3-7H,8H2,1-2H3;2*(H,2,3,4,5)/q+1;;/p-1. The molecule has 0 spiro atoms. The van der Waals surface area contributed by atoms with Gasteiger partial charge in [-0.3, -0.25) is 0 Å². The van der Waals surface area contributed by atoms with Gasteiger partial charge in [-0.1, -0.05) is 6.07 Å². The number of rotatable bonds is 0. The minimum absolute atomic E-state index is 0.875. The first-order valence-electron chi connectivity index (χ1n) is 6.59. The Balaban J connectivity index is 0.000000284. The Morgan fingerprint density at radius 2 is 1.54 bits per heavy atom. The van der Waals surface area contributed by atoms with Crippen LogP contribution in [0.3, 0.4) is 0 Å². The number of hydrogen-bond acceptors (Lipinski definition) is 10. The van der Waals surface area contributed by atoms with E-state index in [-0.39, 0.29) is 0 Å². The van der Waals surface area contributed by atoms with E-state index in [9.17, 15) is 0 Å². The predicted molar refractivity (Wildman–Crippen MR) is 59.2 cm³/mol. The third kappa shape index (κ3) is 9.12. The zero-order valence-corrected chi connectivity index (χ0v) is 15.0. The summed E-state index contributed by atoms with van der Waals surface area (Å²) in [5.41, 5.74) is 1.22. The van der Waals surface area contributed by atoms with E-state index in [2.05, 4.69) is 37.9 Å². The molecular formula is C12H14Cl2N4O8. The average Bonchev–Trinajstić information content (AvgIpc) is 2.43. The number of hydrogen-bond donors (Lipinski definition) is 1. The van der Waals surface area contributed by atoms with Gasteiger partial charge in [0.1, 0.15) is 18.3 Å². The van der Waals surface area contributed by atoms with Crippen molar-refractivity contribution in [2.75, 3.05) is 5.32 Å². The van der Waals surface area contributed by atoms with Crippen LogP contribution in [0.5, 0.6) is 0 Å². The van der Waals surface area contributed by atoms with Crippen molar-refractivity contribution in [3.8, 4) is 0 Å². The van der Waals surface area contributed by atoms with Crippen LogP contribution in [0, 0.1) is 27.4 Å². The van der Waals surface area contributed by atoms with Crippen LogP contribution in [0.25, 0.3) is 0 Å². The molecule has 0 aliphatic carbocycles. The van der Waals surface area contributed by atoms with Crippen molar-refractivity contribution < 1.29 is 66.9 Å². The molecule has 0 atom stereocenters. The Kier molecular flexibility index (Phi) is 7.55. The summed E-state index contributed by atoms with van der Waals surface area (Å²) in [4.78, 5) is 4.55. The molecule has 0 amide bonds. The Labute approximate surface area is 151 Å². The van der Waals surface area contributed by atoms with Crippen molar-refractivity contribution in [2.24, 2.45) is 7.05 Å². The molecule has 2 aromatic heterocycles. The number of anilines is 2. The molecule has 26 heavy (non-hydrogen) atoms. The summed E-state index contributed by atoms with van der Waals surface area (Å²) in [6.07, 6.45) is 4.21. The van der Waals surface area contributed by atoms with Crippen molar-refractivity contribution in [2.45, 2.75) is 13.5 Å². The number of halogens is 2. The van der Waals surface area contributed by atoms with Crippen LogP contribution in [0.2, 0.25) is 0 Å². The number of pyridine rings is 1. The molecule has 1 aliphatic rings. The second kappa shape index (κ2) is 8.79. The van der Waals surface area contributed by atoms with Crippen LogP contribution in [-0.4, -0.2) is 4.98 Å². The number of nitrogens with one attached hydrogen (secondary N) is 1. The van der Waals surface area contributed by atoms with Crippen molar-refractivity contribution in [3.05, 3.63) is 42.0 Å². The fraction of sp³-hybridized carbons (Fsp3) is 0.250. The lowest BCUT2D eigenvalue weighted by Crippen LogP contribution is -2.68. The SMILES string of the molecule is Cc1nc2c(c[n+]1C)C[n+]1ccccc1N2.[O-][Cl+3]([O-])([O-])[O-].[O-][Cl+3]([O-])([O-])[O-]. The molecule has 3 heterocycles. The summed E-state index contributed by atoms with van der Waals surface area (Å²) < 4.78 is 72.2. The van der Waals surface area contributed by atoms with Crippen molar-refractivity contribution >= 4 is 11.6 Å². The Bertz CT molecular complexity index is 677. The monoisotopic (exact) mass is 412 g/mol. The molecule has 1 N–H and O–H groups in total. The quantitative estimate of drug-likeness (QED) is 0.343. The van der Waals surface area contributed by atoms with Gasteiger partial charge in [0.05, 0.1) is 13.2 Å². The zero-order valence-electron chi connectivity index (χ0n) is 13.5. The fourth-order valence-corrected chi connectivity index (χ4v) is 1.96. The van der Waals surface area contributed by atoms with Gasteiger partial charge in [-0.25, -0.2) is 51.7 Å². The molecule has 0 saturated carbocycles. The lowest BCUT2D eigenvalue weighted by Gasteiger charge is -2.17. The first-order chi connectivity index (χ1) is 11.7. The van der Waals surface area contributed by atoms with Gasteiger partial charge in [0, 0.05) is 13.0 Å². The number of aryl methyl sites for hydroxylation is 2. The van der Waals surface area contributed by atoms with E-state index in [0.29, 0.717) is 0 Å². The van der Waals surface area contributed by atoms with Crippen LogP contribution in [0.1, 0.15) is 11.4 Å². The van der Waals surface area contributed by atoms with Gasteiger partial charge in [-0.05, 0) is 11.1 Å². The minimum Gasteiger partial charge on any atom is -0.237 e. The van der Waals surface area contributed by atoms with E-state index in [1.807, 2.05) is 26.1 Å². The first-order valence-corrected chi connectivity index (χ1v) is 9.06. The van der Waals surface area contributed by atoms with Crippen LogP contribution in [0.15, 0.2) is 30.6 Å². The maximum absolute atomic E-state index is 8.49. The van der Waals surface area contributed by atoms with E-state index in [1.165, 1.54) is 5.56 Å². The van der Waals surface area contributed by atoms with E-state index >= 15 is 0 Å². The summed E-state index contributed by atoms with van der Waals surface area (Å²) in [7, 11) is -7.87. The van der Waals surface area contributed by atoms with Crippen molar-refractivity contribution in [3.63, 3.8) is 0 Å². The Morgan fingerprint density at radius 1 is 1.00 bits per heavy atom. The summed E-state index contributed by atoms with van der Waals surface area (Å²) in [6, 6.07) is 6.13. The third-order valence-electron chi connectivity index (χ3n) is 2.97. The fourth-order valence-electron chi connectivity index (χ4n) is 1.96. The van der Waals surface area contributed by atoms with Crippen LogP contribution in [0.4, 0.5) is 11.6 Å². The van der Waals surface area contributed by atoms with Gasteiger partial charge >= 0.3 is 5.82 Å². The molecule has 0 unspecified atom stereocenters. The average molecular weight is 413 g/mol. The predicted octanol–water partition coefficient (Wildman–Crippen LogP) is -8.90. The Morgan fingerprint density at radius 3 is 2.08 bits per heavy atom. The topological polar surface area (TPSA) is 217 Å². The molecule has 0 radical (unpaired) electrons. The van der Waals surface area contributed by atoms with Gasteiger partial charge in [0.25, 0.3) is 11.6 Å². The van der Waals surface area contributed by atoms with E-state index in [1.54, 1.807) is 0 Å². The summed E-state index contributed by atoms with van der Waals surface area (Å²) in [6.45, 7) is 2.88. The third-order valence-corrected chi connectivity index (χ3v) is 2.97. The molecule has 144 valence electrons. The molecule has 1 aliphatic heterocycles. The molecule has 2 aromatic rings. The highest BCUT2D eigenvalue weighted by atomic mass is 35.7. The molecule has 0 aromatic carbocycles. The van der Waals surface area contributed by atoms with E-state index in [0.717, 1.165) is 24.0 Å². The summed E-state index contributed by atoms with van der Waals surface area (Å²) in [5, 5.41) is 3.35. The van der Waals surface area contributed by atoms with Crippen LogP contribution in [-0.2, 0) is 13.6 Å². The van der Waals surface area contributed by atoms with Gasteiger partial charge in [0.2, 0.25) is 0 Å². The lowest BCUT2D eigenvalue weighted by molar-refractivity contribution is -2.00. The van der Waals surface area contributed by atoms with Gasteiger partial charge in [0.15, 0.2) is 0 Å². The largest absolute Gasteiger partial charge is 0.339 e. The smallest absolute Gasteiger partial charge is 0.237 e. The number of nitrogens with zero attached hydrogens (tertiary/aromatic N) is 3. The second-order valence-electron chi connectivity index (χ2n) is 4.87. The maximum Gasteiger partial charge on any atom is 0.339 e. The maximum atomic E-state index is 8.49. The number of aromatic nitrogens is 3. The van der Waals surface area contributed by atoms with E-state index < -0.39 is 20.5 Å². The normalized spacial score (nSPS) is 12.4. The molecule has 3 rings (SSSR count). The highest BCUT2D eigenvalue weighted by Gasteiger charge is 2.27. The van der Waals surface area contributed by atoms with Gasteiger partial charge in [-0.2, -0.15) is 0 Å². The van der Waals surface area contributed by atoms with E-state index in [4.69, 9.17) is 37.3 Å². The highest BCUT2D eigenvalue weighted by Crippen LogP contribution is 2.19. The van der Waals surface area contributed by atoms with Crippen molar-refractivity contribution in [1.82, 2.24) is 4.98 Å². The van der Waals surface area contributed by atoms with Gasteiger partial charge in [-0.15, -0.1) is 20.5 Å². The molecule has 0 bridgehead atoms. The summed E-state index contributed by atoms with van der Waals surface area (Å²) in [5.74, 6) is 3.08. The minimum atomic E-state index is -4.94. The first kappa shape index (κ1) is 22.3. The summed E-state index contributed by atoms with van der Waals surface area (Å²) >= 11 is 0. The molecular weight excluding hydrogens is 399 g/mol. The second-order valence-corrected chi connectivity index (χ2v) is 6.38. The highest BCUT2D eigenvalue weighted by molar-refractivity contribution is 5.54. The number of fused-ring (bicyclic) bond motifs is 2. The van der Waals surface area contributed by atoms with Crippen LogP contribution < -0.4 is 51.7 Å². The zero-order chi connectivity index (χ0) is 20.1. The molecule has 0 fully saturated rings. The van der Waals surface area contributed by atoms with Crippen molar-refractivity contribution in [1.29, 1.82) is 0 Å². The van der Waals surface area contributed by atoms with Crippen LogP contribution >= 0.6 is 0 Å². The Hall–Kier alpha value is -1.71. The molecule has 0 saturated heterocycles. The molecule has 12 nitrogen and oxygen atoms in total.